The molecule has 6 nitrogen and oxygen atoms in total. The van der Waals surface area contributed by atoms with Crippen molar-refractivity contribution in [3.05, 3.63) is 68.0 Å². The molecule has 0 fully saturated rings. The number of anilines is 1. The molecule has 0 aliphatic carbocycles. The van der Waals surface area contributed by atoms with Crippen molar-refractivity contribution in [2.45, 2.75) is 12.3 Å². The first-order valence-corrected chi connectivity index (χ1v) is 10.2. The van der Waals surface area contributed by atoms with Gasteiger partial charge in [0.15, 0.2) is 5.82 Å². The van der Waals surface area contributed by atoms with E-state index in [1.807, 2.05) is 6.92 Å². The van der Waals surface area contributed by atoms with E-state index in [-0.39, 0.29) is 17.0 Å². The number of carbonyl (C=O) groups is 1. The molecule has 3 aromatic rings. The number of carbonyl (C=O) groups excluding carboxylic acids is 1. The lowest BCUT2D eigenvalue weighted by Crippen LogP contribution is -2.21. The zero-order chi connectivity index (χ0) is 20.4. The summed E-state index contributed by atoms with van der Waals surface area (Å²) in [6.07, 6.45) is 1.58. The van der Waals surface area contributed by atoms with Crippen LogP contribution < -0.4 is 10.6 Å². The Bertz CT molecular complexity index is 1040. The molecule has 0 bridgehead atoms. The summed E-state index contributed by atoms with van der Waals surface area (Å²) in [7, 11) is 1.77. The van der Waals surface area contributed by atoms with E-state index in [9.17, 15) is 4.79 Å². The van der Waals surface area contributed by atoms with Gasteiger partial charge >= 0.3 is 0 Å². The van der Waals surface area contributed by atoms with Crippen molar-refractivity contribution in [2.24, 2.45) is 0 Å². The zero-order valence-electron chi connectivity index (χ0n) is 14.9. The molecule has 0 radical (unpaired) electrons. The van der Waals surface area contributed by atoms with Gasteiger partial charge < -0.3 is 10.6 Å². The predicted molar refractivity (Wildman–Crippen MR) is 119 cm³/mol. The Labute approximate surface area is 186 Å². The fourth-order valence-electron chi connectivity index (χ4n) is 2.70. The van der Waals surface area contributed by atoms with E-state index >= 15 is 0 Å². The molecule has 1 atom stereocenters. The Morgan fingerprint density at radius 3 is 2.75 bits per heavy atom. The molecule has 3 rings (SSSR count). The monoisotopic (exact) mass is 499 g/mol. The maximum absolute atomic E-state index is 13.1. The number of rotatable bonds is 5. The van der Waals surface area contributed by atoms with Gasteiger partial charge in [-0.3, -0.25) is 4.79 Å². The van der Waals surface area contributed by atoms with Gasteiger partial charge in [0.25, 0.3) is 5.91 Å². The van der Waals surface area contributed by atoms with Crippen molar-refractivity contribution >= 4 is 63.4 Å². The summed E-state index contributed by atoms with van der Waals surface area (Å²) in [5, 5.41) is 10.9. The second-order valence-corrected chi connectivity index (χ2v) is 8.08. The van der Waals surface area contributed by atoms with Crippen LogP contribution >= 0.6 is 51.8 Å². The van der Waals surface area contributed by atoms with Crippen LogP contribution in [-0.4, -0.2) is 27.7 Å². The van der Waals surface area contributed by atoms with Gasteiger partial charge in [-0.05, 0) is 59.7 Å². The lowest BCUT2D eigenvalue weighted by molar-refractivity contribution is 0.101. The summed E-state index contributed by atoms with van der Waals surface area (Å²) in [6.45, 7) is 1.87. The van der Waals surface area contributed by atoms with Gasteiger partial charge in [0, 0.05) is 28.5 Å². The topological polar surface area (TPSA) is 71.8 Å². The summed E-state index contributed by atoms with van der Waals surface area (Å²) in [5.74, 6) is -0.0152. The molecular formula is C18H16BrCl2N5OS. The number of nitrogens with one attached hydrogen (secondary N) is 2. The van der Waals surface area contributed by atoms with Crippen LogP contribution in [0.4, 0.5) is 5.69 Å². The SMILES string of the molecule is CNC(S)c1cc(Cl)cc(C)c1NC(=O)c1cc(Br)nn1-c1ncccc1Cl. The highest BCUT2D eigenvalue weighted by Gasteiger charge is 2.21. The van der Waals surface area contributed by atoms with Gasteiger partial charge in [-0.15, -0.1) is 0 Å². The van der Waals surface area contributed by atoms with Crippen LogP contribution in [0.5, 0.6) is 0 Å². The van der Waals surface area contributed by atoms with E-state index in [1.54, 1.807) is 43.6 Å². The van der Waals surface area contributed by atoms with Crippen LogP contribution in [0.25, 0.3) is 5.82 Å². The molecule has 2 N–H and O–H groups in total. The normalized spacial score (nSPS) is 12.1. The zero-order valence-corrected chi connectivity index (χ0v) is 18.9. The number of amides is 1. The first-order chi connectivity index (χ1) is 13.3. The number of pyridine rings is 1. The highest BCUT2D eigenvalue weighted by molar-refractivity contribution is 9.10. The number of nitrogens with zero attached hydrogens (tertiary/aromatic N) is 3. The Morgan fingerprint density at radius 1 is 1.32 bits per heavy atom. The number of halogens is 3. The third-order valence-corrected chi connectivity index (χ3v) is 5.43. The molecule has 146 valence electrons. The Balaban J connectivity index is 2.03. The Hall–Kier alpha value is -1.58. The van der Waals surface area contributed by atoms with Crippen molar-refractivity contribution in [3.8, 4) is 5.82 Å². The first-order valence-electron chi connectivity index (χ1n) is 8.15. The lowest BCUT2D eigenvalue weighted by Gasteiger charge is -2.19. The van der Waals surface area contributed by atoms with E-state index in [2.05, 4.69) is 49.3 Å². The molecule has 0 saturated carbocycles. The summed E-state index contributed by atoms with van der Waals surface area (Å²) in [6, 6.07) is 8.53. The second kappa shape index (κ2) is 8.84. The lowest BCUT2D eigenvalue weighted by atomic mass is 10.1. The molecule has 1 amide bonds. The highest BCUT2D eigenvalue weighted by Crippen LogP contribution is 2.32. The molecule has 0 spiro atoms. The van der Waals surface area contributed by atoms with Gasteiger partial charge in [-0.2, -0.15) is 17.7 Å². The molecule has 0 saturated heterocycles. The molecule has 2 heterocycles. The summed E-state index contributed by atoms with van der Waals surface area (Å²) in [4.78, 5) is 17.3. The fourth-order valence-corrected chi connectivity index (χ4v) is 3.76. The van der Waals surface area contributed by atoms with Crippen molar-refractivity contribution < 1.29 is 4.79 Å². The number of thiol groups is 1. The minimum Gasteiger partial charge on any atom is -0.320 e. The fraction of sp³-hybridized carbons (Fsp3) is 0.167. The van der Waals surface area contributed by atoms with Gasteiger partial charge in [0.2, 0.25) is 0 Å². The molecule has 28 heavy (non-hydrogen) atoms. The Morgan fingerprint density at radius 2 is 2.07 bits per heavy atom. The average Bonchev–Trinajstić information content (AvgIpc) is 3.05. The number of aryl methyl sites for hydroxylation is 1. The first kappa shape index (κ1) is 21.1. The maximum Gasteiger partial charge on any atom is 0.274 e. The molecule has 10 heteroatoms. The van der Waals surface area contributed by atoms with E-state index in [1.165, 1.54) is 4.68 Å². The quantitative estimate of drug-likeness (QED) is 0.338. The average molecular weight is 501 g/mol. The summed E-state index contributed by atoms with van der Waals surface area (Å²) >= 11 is 20.2. The Kier molecular flexibility index (Phi) is 6.67. The van der Waals surface area contributed by atoms with Crippen LogP contribution in [-0.2, 0) is 0 Å². The third-order valence-electron chi connectivity index (χ3n) is 3.99. The third kappa shape index (κ3) is 4.36. The number of hydrogen-bond donors (Lipinski definition) is 3. The second-order valence-electron chi connectivity index (χ2n) is 5.91. The number of aromatic nitrogens is 3. The highest BCUT2D eigenvalue weighted by atomic mass is 79.9. The van der Waals surface area contributed by atoms with Crippen molar-refractivity contribution in [1.29, 1.82) is 0 Å². The standard InChI is InChI=1S/C18H16BrCl2N5OS/c1-9-6-10(20)7-11(18(28)22-2)15(9)24-17(27)13-8-14(19)25-26(13)16-12(21)4-3-5-23-16/h3-8,18,22,28H,1-2H3,(H,24,27). The van der Waals surface area contributed by atoms with Crippen molar-refractivity contribution in [2.75, 3.05) is 12.4 Å². The number of benzene rings is 1. The van der Waals surface area contributed by atoms with Gasteiger partial charge in [0.1, 0.15) is 10.3 Å². The van der Waals surface area contributed by atoms with E-state index in [0.717, 1.165) is 11.1 Å². The predicted octanol–water partition coefficient (Wildman–Crippen LogP) is 5.05. The van der Waals surface area contributed by atoms with Crippen LogP contribution in [0.2, 0.25) is 10.0 Å². The molecule has 0 aliphatic heterocycles. The molecule has 1 aromatic carbocycles. The van der Waals surface area contributed by atoms with Crippen LogP contribution in [0.1, 0.15) is 27.0 Å². The van der Waals surface area contributed by atoms with Crippen molar-refractivity contribution in [3.63, 3.8) is 0 Å². The summed E-state index contributed by atoms with van der Waals surface area (Å²) in [5.41, 5.74) is 2.46. The van der Waals surface area contributed by atoms with Crippen molar-refractivity contribution in [1.82, 2.24) is 20.1 Å². The molecule has 1 unspecified atom stereocenters. The summed E-state index contributed by atoms with van der Waals surface area (Å²) < 4.78 is 1.87. The van der Waals surface area contributed by atoms with Crippen LogP contribution in [0, 0.1) is 6.92 Å². The smallest absolute Gasteiger partial charge is 0.274 e. The van der Waals surface area contributed by atoms with Crippen LogP contribution in [0.3, 0.4) is 0 Å². The maximum atomic E-state index is 13.1. The largest absolute Gasteiger partial charge is 0.320 e. The van der Waals surface area contributed by atoms with Gasteiger partial charge in [-0.1, -0.05) is 23.2 Å². The minimum atomic E-state index is -0.372. The van der Waals surface area contributed by atoms with E-state index < -0.39 is 0 Å². The van der Waals surface area contributed by atoms with Gasteiger partial charge in [0.05, 0.1) is 10.4 Å². The molecule has 2 aromatic heterocycles. The minimum absolute atomic E-state index is 0.271. The van der Waals surface area contributed by atoms with Crippen LogP contribution in [0.15, 0.2) is 41.1 Å². The van der Waals surface area contributed by atoms with Gasteiger partial charge in [-0.25, -0.2) is 9.67 Å². The van der Waals surface area contributed by atoms with E-state index in [4.69, 9.17) is 23.2 Å². The molecule has 0 aliphatic rings. The molecular weight excluding hydrogens is 485 g/mol. The van der Waals surface area contributed by atoms with E-state index in [0.29, 0.717) is 26.2 Å². The number of hydrogen-bond acceptors (Lipinski definition) is 5.